The van der Waals surface area contributed by atoms with Gasteiger partial charge >= 0.3 is 0 Å². The van der Waals surface area contributed by atoms with Crippen molar-refractivity contribution in [2.75, 3.05) is 6.61 Å². The van der Waals surface area contributed by atoms with E-state index in [9.17, 15) is 0 Å². The first kappa shape index (κ1) is 16.7. The molecule has 0 spiro atoms. The first-order valence-electron chi connectivity index (χ1n) is 8.72. The van der Waals surface area contributed by atoms with E-state index >= 15 is 0 Å². The van der Waals surface area contributed by atoms with Crippen LogP contribution in [0.15, 0.2) is 23.0 Å². The van der Waals surface area contributed by atoms with Gasteiger partial charge in [-0.25, -0.2) is 0 Å². The summed E-state index contributed by atoms with van der Waals surface area (Å²) in [5.41, 5.74) is 3.15. The molecule has 1 fully saturated rings. The maximum atomic E-state index is 5.99. The Labute approximate surface area is 151 Å². The quantitative estimate of drug-likeness (QED) is 0.716. The molecule has 0 radical (unpaired) electrons. The largest absolute Gasteiger partial charge is 0.421 e. The summed E-state index contributed by atoms with van der Waals surface area (Å²) in [7, 11) is 3.82. The fraction of sp³-hybridized carbons (Fsp3) is 0.444. The number of hydrogen-bond donors (Lipinski definition) is 0. The predicted molar refractivity (Wildman–Crippen MR) is 95.0 cm³/mol. The van der Waals surface area contributed by atoms with Gasteiger partial charge in [0.05, 0.1) is 24.4 Å². The van der Waals surface area contributed by atoms with Crippen LogP contribution in [0.3, 0.4) is 0 Å². The number of aryl methyl sites for hydroxylation is 2. The molecule has 3 aromatic heterocycles. The van der Waals surface area contributed by atoms with E-state index in [1.54, 1.807) is 4.68 Å². The lowest BCUT2D eigenvalue weighted by molar-refractivity contribution is -0.00908. The van der Waals surface area contributed by atoms with Crippen LogP contribution in [0, 0.1) is 6.92 Å². The fourth-order valence-electron chi connectivity index (χ4n) is 3.25. The molecule has 2 atom stereocenters. The second-order valence-corrected chi connectivity index (χ2v) is 6.61. The molecule has 1 aliphatic rings. The Kier molecular flexibility index (Phi) is 4.42. The second-order valence-electron chi connectivity index (χ2n) is 6.61. The minimum Gasteiger partial charge on any atom is -0.421 e. The summed E-state index contributed by atoms with van der Waals surface area (Å²) < 4.78 is 15.5. The van der Waals surface area contributed by atoms with Gasteiger partial charge in [0.1, 0.15) is 0 Å². The van der Waals surface area contributed by atoms with Crippen molar-refractivity contribution in [3.8, 4) is 0 Å². The van der Waals surface area contributed by atoms with Crippen LogP contribution in [-0.4, -0.2) is 36.4 Å². The minimum atomic E-state index is -0.102. The molecule has 1 saturated heterocycles. The summed E-state index contributed by atoms with van der Waals surface area (Å²) in [6.45, 7) is 2.75. The SMILES string of the molecule is Cc1c(/C=C/c2nnc([C@@H]3CCCO[C@H]3c3cnn(C)c3)o2)cnn1C. The van der Waals surface area contributed by atoms with E-state index in [1.807, 2.05) is 56.4 Å². The topological polar surface area (TPSA) is 83.8 Å². The smallest absolute Gasteiger partial charge is 0.240 e. The predicted octanol–water partition coefficient (Wildman–Crippen LogP) is 2.65. The highest BCUT2D eigenvalue weighted by Crippen LogP contribution is 2.40. The van der Waals surface area contributed by atoms with Crippen LogP contribution in [0.1, 0.15) is 53.5 Å². The molecule has 0 unspecified atom stereocenters. The molecule has 0 aromatic carbocycles. The van der Waals surface area contributed by atoms with Crippen LogP contribution in [0.2, 0.25) is 0 Å². The summed E-state index contributed by atoms with van der Waals surface area (Å²) in [4.78, 5) is 0. The third kappa shape index (κ3) is 3.20. The van der Waals surface area contributed by atoms with E-state index in [0.717, 1.165) is 36.3 Å². The molecule has 0 bridgehead atoms. The monoisotopic (exact) mass is 354 g/mol. The average Bonchev–Trinajstić information content (AvgIpc) is 3.36. The van der Waals surface area contributed by atoms with Gasteiger partial charge in [0.15, 0.2) is 0 Å². The zero-order valence-electron chi connectivity index (χ0n) is 15.2. The summed E-state index contributed by atoms with van der Waals surface area (Å²) >= 11 is 0. The van der Waals surface area contributed by atoms with Crippen molar-refractivity contribution in [2.45, 2.75) is 31.8 Å². The molecule has 0 N–H and O–H groups in total. The molecule has 3 aromatic rings. The van der Waals surface area contributed by atoms with E-state index in [1.165, 1.54) is 0 Å². The zero-order chi connectivity index (χ0) is 18.1. The van der Waals surface area contributed by atoms with Gasteiger partial charge in [0, 0.05) is 49.8 Å². The third-order valence-corrected chi connectivity index (χ3v) is 4.83. The van der Waals surface area contributed by atoms with Gasteiger partial charge in [-0.1, -0.05) is 0 Å². The molecular formula is C18H22N6O2. The fourth-order valence-corrected chi connectivity index (χ4v) is 3.25. The van der Waals surface area contributed by atoms with Crippen LogP contribution in [0.25, 0.3) is 12.2 Å². The Morgan fingerprint density at radius 3 is 2.77 bits per heavy atom. The van der Waals surface area contributed by atoms with E-state index in [4.69, 9.17) is 9.15 Å². The van der Waals surface area contributed by atoms with Crippen LogP contribution >= 0.6 is 0 Å². The van der Waals surface area contributed by atoms with Crippen molar-refractivity contribution in [1.82, 2.24) is 29.8 Å². The van der Waals surface area contributed by atoms with Gasteiger partial charge in [0.2, 0.25) is 11.8 Å². The number of rotatable bonds is 4. The molecule has 1 aliphatic heterocycles. The minimum absolute atomic E-state index is 0.0442. The van der Waals surface area contributed by atoms with E-state index in [2.05, 4.69) is 20.4 Å². The molecular weight excluding hydrogens is 332 g/mol. The van der Waals surface area contributed by atoms with E-state index in [0.29, 0.717) is 11.8 Å². The van der Waals surface area contributed by atoms with Gasteiger partial charge in [-0.15, -0.1) is 10.2 Å². The third-order valence-electron chi connectivity index (χ3n) is 4.83. The second kappa shape index (κ2) is 6.87. The van der Waals surface area contributed by atoms with Crippen LogP contribution in [0.5, 0.6) is 0 Å². The first-order chi connectivity index (χ1) is 12.6. The number of ether oxygens (including phenoxy) is 1. The first-order valence-corrected chi connectivity index (χ1v) is 8.72. The molecule has 4 heterocycles. The number of nitrogens with zero attached hydrogens (tertiary/aromatic N) is 6. The Morgan fingerprint density at radius 1 is 1.15 bits per heavy atom. The van der Waals surface area contributed by atoms with Crippen molar-refractivity contribution in [2.24, 2.45) is 14.1 Å². The average molecular weight is 354 g/mol. The Hall–Kier alpha value is -2.74. The van der Waals surface area contributed by atoms with Gasteiger partial charge in [0.25, 0.3) is 0 Å². The highest BCUT2D eigenvalue weighted by atomic mass is 16.5. The summed E-state index contributed by atoms with van der Waals surface area (Å²) in [5.74, 6) is 1.14. The molecule has 136 valence electrons. The molecule has 26 heavy (non-hydrogen) atoms. The van der Waals surface area contributed by atoms with Gasteiger partial charge < -0.3 is 9.15 Å². The molecule has 8 heteroatoms. The lowest BCUT2D eigenvalue weighted by Gasteiger charge is -2.28. The summed E-state index contributed by atoms with van der Waals surface area (Å²) in [5, 5.41) is 16.9. The van der Waals surface area contributed by atoms with Crippen molar-refractivity contribution < 1.29 is 9.15 Å². The van der Waals surface area contributed by atoms with Crippen molar-refractivity contribution >= 4 is 12.2 Å². The lowest BCUT2D eigenvalue weighted by Crippen LogP contribution is -2.21. The highest BCUT2D eigenvalue weighted by molar-refractivity contribution is 5.66. The Balaban J connectivity index is 1.55. The molecule has 4 rings (SSSR count). The normalized spacial score (nSPS) is 20.9. The molecule has 8 nitrogen and oxygen atoms in total. The maximum absolute atomic E-state index is 5.99. The van der Waals surface area contributed by atoms with E-state index in [-0.39, 0.29) is 12.0 Å². The lowest BCUT2D eigenvalue weighted by atomic mass is 9.91. The van der Waals surface area contributed by atoms with Crippen molar-refractivity contribution in [3.05, 3.63) is 47.2 Å². The van der Waals surface area contributed by atoms with Crippen LogP contribution in [-0.2, 0) is 18.8 Å². The molecule has 0 amide bonds. The van der Waals surface area contributed by atoms with Crippen LogP contribution in [0.4, 0.5) is 0 Å². The zero-order valence-corrected chi connectivity index (χ0v) is 15.2. The highest BCUT2D eigenvalue weighted by Gasteiger charge is 2.33. The van der Waals surface area contributed by atoms with Crippen molar-refractivity contribution in [1.29, 1.82) is 0 Å². The Morgan fingerprint density at radius 2 is 2.04 bits per heavy atom. The van der Waals surface area contributed by atoms with Gasteiger partial charge in [-0.2, -0.15) is 10.2 Å². The number of aromatic nitrogens is 6. The van der Waals surface area contributed by atoms with Gasteiger partial charge in [-0.3, -0.25) is 9.36 Å². The van der Waals surface area contributed by atoms with Crippen LogP contribution < -0.4 is 0 Å². The number of hydrogen-bond acceptors (Lipinski definition) is 6. The molecule has 0 aliphatic carbocycles. The van der Waals surface area contributed by atoms with Crippen molar-refractivity contribution in [3.63, 3.8) is 0 Å². The summed E-state index contributed by atoms with van der Waals surface area (Å²) in [6, 6.07) is 0. The standard InChI is InChI=1S/C18H22N6O2/c1-12-13(9-20-24(12)3)6-7-16-21-22-18(26-16)15-5-4-8-25-17(15)14-10-19-23(2)11-14/h6-7,9-11,15,17H,4-5,8H2,1-3H3/b7-6+/t15-,17+/m1/s1. The van der Waals surface area contributed by atoms with E-state index < -0.39 is 0 Å². The summed E-state index contributed by atoms with van der Waals surface area (Å²) in [6.07, 6.45) is 11.2. The maximum Gasteiger partial charge on any atom is 0.240 e. The molecule has 0 saturated carbocycles. The Bertz CT molecular complexity index is 922. The van der Waals surface area contributed by atoms with Gasteiger partial charge in [-0.05, 0) is 25.8 Å².